The lowest BCUT2D eigenvalue weighted by atomic mass is 9.83. The summed E-state index contributed by atoms with van der Waals surface area (Å²) in [7, 11) is 0. The van der Waals surface area contributed by atoms with Crippen LogP contribution in [0.4, 0.5) is 0 Å². The summed E-state index contributed by atoms with van der Waals surface area (Å²) in [5.74, 6) is 0.0844. The maximum atomic E-state index is 12.4. The van der Waals surface area contributed by atoms with Gasteiger partial charge < -0.3 is 5.32 Å². The molecule has 112 valence electrons. The molecule has 2 heteroatoms. The molecule has 3 rings (SSSR count). The second kappa shape index (κ2) is 5.45. The van der Waals surface area contributed by atoms with Crippen molar-refractivity contribution in [2.45, 2.75) is 32.7 Å². The fraction of sp³-hybridized carbons (Fsp3) is 0.250. The summed E-state index contributed by atoms with van der Waals surface area (Å²) in [6.45, 7) is 5.98. The molecule has 0 bridgehead atoms. The van der Waals surface area contributed by atoms with Crippen molar-refractivity contribution in [1.82, 2.24) is 5.32 Å². The second-order valence-corrected chi connectivity index (χ2v) is 6.52. The molecule has 0 radical (unpaired) electrons. The Morgan fingerprint density at radius 1 is 1.00 bits per heavy atom. The number of allylic oxidation sites excluding steroid dienone is 1. The number of fused-ring (bicyclic) bond motifs is 1. The van der Waals surface area contributed by atoms with Gasteiger partial charge in [0, 0.05) is 16.7 Å². The average Bonchev–Trinajstić information content (AvgIpc) is 2.47. The van der Waals surface area contributed by atoms with Crippen LogP contribution in [0.1, 0.15) is 37.5 Å². The van der Waals surface area contributed by atoms with E-state index in [9.17, 15) is 4.79 Å². The zero-order valence-corrected chi connectivity index (χ0v) is 13.3. The van der Waals surface area contributed by atoms with E-state index in [0.717, 1.165) is 28.8 Å². The molecule has 0 saturated carbocycles. The summed E-state index contributed by atoms with van der Waals surface area (Å²) in [4.78, 5) is 12.4. The summed E-state index contributed by atoms with van der Waals surface area (Å²) in [6.07, 6.45) is 0.951. The van der Waals surface area contributed by atoms with Gasteiger partial charge in [-0.15, -0.1) is 0 Å². The van der Waals surface area contributed by atoms with Crippen LogP contribution in [-0.2, 0) is 11.2 Å². The first kappa shape index (κ1) is 14.6. The molecule has 0 unspecified atom stereocenters. The zero-order chi connectivity index (χ0) is 15.7. The maximum absolute atomic E-state index is 12.4. The minimum atomic E-state index is -0.0703. The fourth-order valence-electron chi connectivity index (χ4n) is 3.17. The molecule has 22 heavy (non-hydrogen) atoms. The van der Waals surface area contributed by atoms with Crippen LogP contribution >= 0.6 is 0 Å². The van der Waals surface area contributed by atoms with Gasteiger partial charge in [-0.1, -0.05) is 54.6 Å². The SMILES string of the molecule is CC(=O)/C(=C1/NC(C)(C)Cc2ccccc21)c1ccccc1. The van der Waals surface area contributed by atoms with E-state index in [1.807, 2.05) is 36.4 Å². The zero-order valence-electron chi connectivity index (χ0n) is 13.3. The minimum Gasteiger partial charge on any atom is -0.379 e. The van der Waals surface area contributed by atoms with E-state index in [0.29, 0.717) is 0 Å². The molecule has 0 atom stereocenters. The molecule has 1 aliphatic heterocycles. The van der Waals surface area contributed by atoms with Gasteiger partial charge in [0.05, 0.1) is 5.70 Å². The van der Waals surface area contributed by atoms with E-state index in [1.54, 1.807) is 6.92 Å². The number of ketones is 1. The van der Waals surface area contributed by atoms with Crippen molar-refractivity contribution in [1.29, 1.82) is 0 Å². The van der Waals surface area contributed by atoms with Gasteiger partial charge in [0.15, 0.2) is 5.78 Å². The molecular weight excluding hydrogens is 270 g/mol. The van der Waals surface area contributed by atoms with Crippen LogP contribution in [0.3, 0.4) is 0 Å². The van der Waals surface area contributed by atoms with Crippen LogP contribution in [0.25, 0.3) is 11.3 Å². The number of benzene rings is 2. The van der Waals surface area contributed by atoms with Gasteiger partial charge in [-0.2, -0.15) is 0 Å². The predicted octanol–water partition coefficient (Wildman–Crippen LogP) is 4.07. The quantitative estimate of drug-likeness (QED) is 0.845. The van der Waals surface area contributed by atoms with Crippen LogP contribution in [0, 0.1) is 0 Å². The van der Waals surface area contributed by atoms with Crippen LogP contribution in [0.15, 0.2) is 54.6 Å². The Kier molecular flexibility index (Phi) is 3.61. The number of carbonyl (C=O) groups excluding carboxylic acids is 1. The number of nitrogens with one attached hydrogen (secondary N) is 1. The predicted molar refractivity (Wildman–Crippen MR) is 91.3 cm³/mol. The molecule has 0 aromatic heterocycles. The van der Waals surface area contributed by atoms with Crippen LogP contribution in [0.2, 0.25) is 0 Å². The molecule has 0 spiro atoms. The van der Waals surface area contributed by atoms with Gasteiger partial charge in [-0.3, -0.25) is 4.79 Å². The number of Topliss-reactive ketones (excluding diaryl/α,β-unsaturated/α-hetero) is 1. The Balaban J connectivity index is 2.28. The molecule has 2 aromatic rings. The Morgan fingerprint density at radius 2 is 1.64 bits per heavy atom. The van der Waals surface area contributed by atoms with E-state index in [-0.39, 0.29) is 11.3 Å². The van der Waals surface area contributed by atoms with Crippen molar-refractivity contribution in [3.8, 4) is 0 Å². The molecule has 0 amide bonds. The van der Waals surface area contributed by atoms with Crippen molar-refractivity contribution < 1.29 is 4.79 Å². The molecule has 0 aliphatic carbocycles. The first-order valence-corrected chi connectivity index (χ1v) is 7.65. The Morgan fingerprint density at radius 3 is 2.32 bits per heavy atom. The van der Waals surface area contributed by atoms with E-state index in [4.69, 9.17) is 0 Å². The molecule has 2 nitrogen and oxygen atoms in total. The van der Waals surface area contributed by atoms with Crippen LogP contribution in [0.5, 0.6) is 0 Å². The smallest absolute Gasteiger partial charge is 0.162 e. The highest BCUT2D eigenvalue weighted by molar-refractivity contribution is 6.27. The summed E-state index contributed by atoms with van der Waals surface area (Å²) in [6, 6.07) is 18.2. The van der Waals surface area contributed by atoms with Crippen molar-refractivity contribution in [3.05, 3.63) is 71.3 Å². The molecule has 0 fully saturated rings. The Labute approximate surface area is 131 Å². The molecule has 1 aliphatic rings. The van der Waals surface area contributed by atoms with Crippen molar-refractivity contribution in [2.24, 2.45) is 0 Å². The van der Waals surface area contributed by atoms with Gasteiger partial charge >= 0.3 is 0 Å². The number of hydrogen-bond acceptors (Lipinski definition) is 2. The monoisotopic (exact) mass is 291 g/mol. The lowest BCUT2D eigenvalue weighted by molar-refractivity contribution is -0.111. The topological polar surface area (TPSA) is 29.1 Å². The van der Waals surface area contributed by atoms with Crippen molar-refractivity contribution in [3.63, 3.8) is 0 Å². The highest BCUT2D eigenvalue weighted by Gasteiger charge is 2.30. The van der Waals surface area contributed by atoms with Crippen molar-refractivity contribution in [2.75, 3.05) is 0 Å². The van der Waals surface area contributed by atoms with Gasteiger partial charge in [0.25, 0.3) is 0 Å². The van der Waals surface area contributed by atoms with E-state index in [1.165, 1.54) is 5.56 Å². The maximum Gasteiger partial charge on any atom is 0.162 e. The third-order valence-corrected chi connectivity index (χ3v) is 4.05. The molecular formula is C20H21NO. The molecule has 1 heterocycles. The number of hydrogen-bond donors (Lipinski definition) is 1. The molecule has 0 saturated heterocycles. The lowest BCUT2D eigenvalue weighted by Gasteiger charge is -2.36. The lowest BCUT2D eigenvalue weighted by Crippen LogP contribution is -2.44. The van der Waals surface area contributed by atoms with Gasteiger partial charge in [-0.05, 0) is 38.3 Å². The third-order valence-electron chi connectivity index (χ3n) is 4.05. The summed E-state index contributed by atoms with van der Waals surface area (Å²) in [5.41, 5.74) is 5.03. The normalized spacial score (nSPS) is 18.1. The van der Waals surface area contributed by atoms with Crippen LogP contribution < -0.4 is 5.32 Å². The minimum absolute atomic E-state index is 0.0703. The summed E-state index contributed by atoms with van der Waals surface area (Å²) < 4.78 is 0. The third kappa shape index (κ3) is 2.69. The van der Waals surface area contributed by atoms with E-state index in [2.05, 4.69) is 37.4 Å². The van der Waals surface area contributed by atoms with E-state index >= 15 is 0 Å². The highest BCUT2D eigenvalue weighted by atomic mass is 16.1. The Hall–Kier alpha value is -2.35. The largest absolute Gasteiger partial charge is 0.379 e. The van der Waals surface area contributed by atoms with Gasteiger partial charge in [0.2, 0.25) is 0 Å². The van der Waals surface area contributed by atoms with Crippen LogP contribution in [-0.4, -0.2) is 11.3 Å². The fourth-order valence-corrected chi connectivity index (χ4v) is 3.17. The molecule has 1 N–H and O–H groups in total. The first-order valence-electron chi connectivity index (χ1n) is 7.65. The first-order chi connectivity index (χ1) is 10.5. The van der Waals surface area contributed by atoms with Gasteiger partial charge in [-0.25, -0.2) is 0 Å². The second-order valence-electron chi connectivity index (χ2n) is 6.52. The highest BCUT2D eigenvalue weighted by Crippen LogP contribution is 2.34. The van der Waals surface area contributed by atoms with Crippen molar-refractivity contribution >= 4 is 17.1 Å². The number of rotatable bonds is 2. The number of carbonyl (C=O) groups is 1. The van der Waals surface area contributed by atoms with E-state index < -0.39 is 0 Å². The van der Waals surface area contributed by atoms with Gasteiger partial charge in [0.1, 0.15) is 0 Å². The Bertz CT molecular complexity index is 741. The standard InChI is InChI=1S/C20H21NO/c1-14(22)18(15-9-5-4-6-10-15)19-17-12-8-7-11-16(17)13-20(2,3)21-19/h4-12,21H,13H2,1-3H3/b19-18-. The summed E-state index contributed by atoms with van der Waals surface area (Å²) in [5, 5.41) is 3.59. The molecule has 2 aromatic carbocycles. The average molecular weight is 291 g/mol. The summed E-state index contributed by atoms with van der Waals surface area (Å²) >= 11 is 0.